The molecule has 0 saturated carbocycles. The first-order chi connectivity index (χ1) is 7.65. The van der Waals surface area contributed by atoms with E-state index in [-0.39, 0.29) is 0 Å². The maximum Gasteiger partial charge on any atom is 0.0621 e. The maximum atomic E-state index is 6.06. The van der Waals surface area contributed by atoms with Crippen LogP contribution in [0.25, 0.3) is 0 Å². The number of aromatic nitrogens is 1. The fraction of sp³-hybridized carbons (Fsp3) is 0.615. The van der Waals surface area contributed by atoms with Crippen LogP contribution >= 0.6 is 11.6 Å². The van der Waals surface area contributed by atoms with Crippen LogP contribution in [0.5, 0.6) is 0 Å². The second-order valence-corrected chi connectivity index (χ2v) is 4.91. The molecule has 0 aliphatic heterocycles. The van der Waals surface area contributed by atoms with Crippen LogP contribution < -0.4 is 5.32 Å². The number of nitrogens with zero attached hydrogens (tertiary/aromatic N) is 1. The van der Waals surface area contributed by atoms with E-state index in [9.17, 15) is 0 Å². The first-order valence-corrected chi connectivity index (χ1v) is 6.28. The highest BCUT2D eigenvalue weighted by Gasteiger charge is 2.10. The van der Waals surface area contributed by atoms with Crippen LogP contribution in [0.4, 0.5) is 0 Å². The molecule has 1 aromatic rings. The summed E-state index contributed by atoms with van der Waals surface area (Å²) in [5.74, 6) is 0.679. The molecule has 0 aliphatic rings. The average molecular weight is 241 g/mol. The largest absolute Gasteiger partial charge is 0.317 e. The quantitative estimate of drug-likeness (QED) is 0.825. The van der Waals surface area contributed by atoms with Crippen LogP contribution in [0.3, 0.4) is 0 Å². The molecule has 0 radical (unpaired) electrons. The zero-order valence-corrected chi connectivity index (χ0v) is 11.1. The molecule has 16 heavy (non-hydrogen) atoms. The molecule has 2 nitrogen and oxygen atoms in total. The Morgan fingerprint density at radius 2 is 2.19 bits per heavy atom. The molecule has 0 fully saturated rings. The monoisotopic (exact) mass is 240 g/mol. The van der Waals surface area contributed by atoms with E-state index >= 15 is 0 Å². The van der Waals surface area contributed by atoms with Crippen LogP contribution in [0.2, 0.25) is 5.02 Å². The van der Waals surface area contributed by atoms with Gasteiger partial charge in [0, 0.05) is 18.4 Å². The second kappa shape index (κ2) is 6.87. The predicted octanol–water partition coefficient (Wildman–Crippen LogP) is 3.30. The van der Waals surface area contributed by atoms with E-state index in [0.717, 1.165) is 17.9 Å². The van der Waals surface area contributed by atoms with Gasteiger partial charge in [-0.3, -0.25) is 4.98 Å². The number of hydrogen-bond donors (Lipinski definition) is 1. The van der Waals surface area contributed by atoms with Gasteiger partial charge in [-0.25, -0.2) is 0 Å². The Bertz CT molecular complexity index is 313. The van der Waals surface area contributed by atoms with E-state index in [1.54, 1.807) is 12.4 Å². The Balaban J connectivity index is 2.38. The minimum atomic E-state index is 0.598. The Labute approximate surface area is 103 Å². The Morgan fingerprint density at radius 1 is 1.44 bits per heavy atom. The number of aryl methyl sites for hydroxylation is 1. The molecule has 0 bridgehead atoms. The van der Waals surface area contributed by atoms with E-state index < -0.39 is 0 Å². The van der Waals surface area contributed by atoms with Crippen molar-refractivity contribution in [3.8, 4) is 0 Å². The van der Waals surface area contributed by atoms with Crippen LogP contribution in [0.15, 0.2) is 18.5 Å². The minimum absolute atomic E-state index is 0.598. The molecule has 1 rings (SSSR count). The first kappa shape index (κ1) is 13.5. The number of nitrogens with one attached hydrogen (secondary N) is 1. The van der Waals surface area contributed by atoms with Gasteiger partial charge >= 0.3 is 0 Å². The molecule has 90 valence electrons. The van der Waals surface area contributed by atoms with Crippen molar-refractivity contribution in [2.75, 3.05) is 7.05 Å². The lowest BCUT2D eigenvalue weighted by molar-refractivity contribution is 0.393. The molecular formula is C13H21ClN2. The normalized spacial score (nSPS) is 13.1. The number of pyridine rings is 1. The Morgan fingerprint density at radius 3 is 2.75 bits per heavy atom. The molecule has 1 aromatic heterocycles. The zero-order chi connectivity index (χ0) is 12.0. The summed E-state index contributed by atoms with van der Waals surface area (Å²) in [7, 11) is 2.03. The molecule has 0 amide bonds. The zero-order valence-electron chi connectivity index (χ0n) is 10.3. The van der Waals surface area contributed by atoms with Gasteiger partial charge in [-0.2, -0.15) is 0 Å². The summed E-state index contributed by atoms with van der Waals surface area (Å²) in [6, 6.07) is 2.60. The molecule has 0 aromatic carbocycles. The Hall–Kier alpha value is -0.600. The molecule has 0 saturated heterocycles. The van der Waals surface area contributed by atoms with Crippen LogP contribution in [-0.4, -0.2) is 18.1 Å². The van der Waals surface area contributed by atoms with E-state index in [2.05, 4.69) is 24.1 Å². The molecule has 1 heterocycles. The average Bonchev–Trinajstić information content (AvgIpc) is 2.26. The highest BCUT2D eigenvalue weighted by Crippen LogP contribution is 2.17. The van der Waals surface area contributed by atoms with Gasteiger partial charge in [0.25, 0.3) is 0 Å². The van der Waals surface area contributed by atoms with Crippen molar-refractivity contribution in [3.63, 3.8) is 0 Å². The topological polar surface area (TPSA) is 24.9 Å². The summed E-state index contributed by atoms with van der Waals surface area (Å²) in [4.78, 5) is 3.99. The summed E-state index contributed by atoms with van der Waals surface area (Å²) in [5, 5.41) is 4.14. The van der Waals surface area contributed by atoms with Crippen molar-refractivity contribution in [2.24, 2.45) is 5.92 Å². The van der Waals surface area contributed by atoms with Crippen molar-refractivity contribution in [3.05, 3.63) is 29.0 Å². The Kier molecular flexibility index (Phi) is 5.78. The van der Waals surface area contributed by atoms with Gasteiger partial charge in [-0.15, -0.1) is 0 Å². The van der Waals surface area contributed by atoms with Crippen LogP contribution in [0.1, 0.15) is 32.3 Å². The van der Waals surface area contributed by atoms with Gasteiger partial charge in [-0.1, -0.05) is 25.4 Å². The summed E-state index contributed by atoms with van der Waals surface area (Å²) in [5.41, 5.74) is 1.20. The highest BCUT2D eigenvalue weighted by molar-refractivity contribution is 6.31. The molecule has 1 unspecified atom stereocenters. The third kappa shape index (κ3) is 4.11. The van der Waals surface area contributed by atoms with E-state index in [4.69, 9.17) is 11.6 Å². The van der Waals surface area contributed by atoms with Crippen molar-refractivity contribution >= 4 is 11.6 Å². The molecule has 3 heteroatoms. The highest BCUT2D eigenvalue weighted by atomic mass is 35.5. The lowest BCUT2D eigenvalue weighted by atomic mass is 9.97. The summed E-state index contributed by atoms with van der Waals surface area (Å²) < 4.78 is 0. The smallest absolute Gasteiger partial charge is 0.0621 e. The predicted molar refractivity (Wildman–Crippen MR) is 69.9 cm³/mol. The van der Waals surface area contributed by atoms with E-state index in [0.29, 0.717) is 12.0 Å². The summed E-state index contributed by atoms with van der Waals surface area (Å²) >= 11 is 6.06. The SMILES string of the molecule is CNC(CCCc1ccncc1Cl)C(C)C. The van der Waals surface area contributed by atoms with Gasteiger partial charge in [0.2, 0.25) is 0 Å². The third-order valence-electron chi connectivity index (χ3n) is 2.99. The van der Waals surface area contributed by atoms with Crippen molar-refractivity contribution in [2.45, 2.75) is 39.2 Å². The lowest BCUT2D eigenvalue weighted by Gasteiger charge is -2.19. The van der Waals surface area contributed by atoms with Gasteiger partial charge in [0.15, 0.2) is 0 Å². The minimum Gasteiger partial charge on any atom is -0.317 e. The molecule has 0 spiro atoms. The molecule has 0 aliphatic carbocycles. The fourth-order valence-corrected chi connectivity index (χ4v) is 2.14. The molecule has 1 N–H and O–H groups in total. The van der Waals surface area contributed by atoms with Crippen LogP contribution in [-0.2, 0) is 6.42 Å². The van der Waals surface area contributed by atoms with Crippen molar-refractivity contribution in [1.82, 2.24) is 10.3 Å². The fourth-order valence-electron chi connectivity index (χ4n) is 1.93. The summed E-state index contributed by atoms with van der Waals surface area (Å²) in [6.45, 7) is 4.50. The van der Waals surface area contributed by atoms with Crippen molar-refractivity contribution < 1.29 is 0 Å². The maximum absolute atomic E-state index is 6.06. The number of rotatable bonds is 6. The molecular weight excluding hydrogens is 220 g/mol. The lowest BCUT2D eigenvalue weighted by Crippen LogP contribution is -2.30. The van der Waals surface area contributed by atoms with Gasteiger partial charge in [0.05, 0.1) is 5.02 Å². The summed E-state index contributed by atoms with van der Waals surface area (Å²) in [6.07, 6.45) is 6.90. The number of hydrogen-bond acceptors (Lipinski definition) is 2. The third-order valence-corrected chi connectivity index (χ3v) is 3.33. The van der Waals surface area contributed by atoms with Gasteiger partial charge in [-0.05, 0) is 43.9 Å². The van der Waals surface area contributed by atoms with E-state index in [1.807, 2.05) is 13.1 Å². The van der Waals surface area contributed by atoms with Gasteiger partial charge in [0.1, 0.15) is 0 Å². The van der Waals surface area contributed by atoms with Gasteiger partial charge < -0.3 is 5.32 Å². The van der Waals surface area contributed by atoms with Crippen molar-refractivity contribution in [1.29, 1.82) is 0 Å². The standard InChI is InChI=1S/C13H21ClN2/c1-10(2)13(15-3)6-4-5-11-7-8-16-9-12(11)14/h7-10,13,15H,4-6H2,1-3H3. The van der Waals surface area contributed by atoms with E-state index in [1.165, 1.54) is 12.0 Å². The molecule has 1 atom stereocenters. The van der Waals surface area contributed by atoms with Crippen LogP contribution in [0, 0.1) is 5.92 Å². The number of halogens is 1. The first-order valence-electron chi connectivity index (χ1n) is 5.90. The second-order valence-electron chi connectivity index (χ2n) is 4.50.